The van der Waals surface area contributed by atoms with Crippen molar-refractivity contribution in [3.05, 3.63) is 12.4 Å². The van der Waals surface area contributed by atoms with Crippen LogP contribution >= 0.6 is 0 Å². The number of aliphatic hydroxyl groups is 1. The summed E-state index contributed by atoms with van der Waals surface area (Å²) in [5.74, 6) is 1.99. The number of nitrogens with zero attached hydrogens (tertiary/aromatic N) is 3. The SMILES string of the molecule is COc1nccnc1N1CC(C)C(O)(C2CC2)C1. The molecule has 2 atom stereocenters. The smallest absolute Gasteiger partial charge is 0.257 e. The van der Waals surface area contributed by atoms with Gasteiger partial charge in [0.05, 0.1) is 12.7 Å². The standard InChI is InChI=1S/C13H19N3O2/c1-9-7-16(8-13(9,17)10-3-4-10)11-12(18-2)15-6-5-14-11/h5-6,9-10,17H,3-4,7-8H2,1-2H3. The van der Waals surface area contributed by atoms with Crippen molar-refractivity contribution >= 4 is 5.82 Å². The van der Waals surface area contributed by atoms with Gasteiger partial charge in [0.2, 0.25) is 0 Å². The molecule has 98 valence electrons. The highest BCUT2D eigenvalue weighted by molar-refractivity contribution is 5.50. The third kappa shape index (κ3) is 1.73. The van der Waals surface area contributed by atoms with Crippen LogP contribution in [0.4, 0.5) is 5.82 Å². The molecule has 5 nitrogen and oxygen atoms in total. The van der Waals surface area contributed by atoms with Crippen molar-refractivity contribution in [1.82, 2.24) is 9.97 Å². The molecule has 0 radical (unpaired) electrons. The van der Waals surface area contributed by atoms with Crippen molar-refractivity contribution in [3.63, 3.8) is 0 Å². The molecule has 0 bridgehead atoms. The predicted molar refractivity (Wildman–Crippen MR) is 67.6 cm³/mol. The molecule has 0 amide bonds. The molecule has 3 rings (SSSR count). The zero-order chi connectivity index (χ0) is 12.8. The minimum Gasteiger partial charge on any atom is -0.478 e. The fourth-order valence-electron chi connectivity index (χ4n) is 2.97. The van der Waals surface area contributed by atoms with Gasteiger partial charge in [-0.05, 0) is 18.8 Å². The van der Waals surface area contributed by atoms with Crippen molar-refractivity contribution in [1.29, 1.82) is 0 Å². The second-order valence-corrected chi connectivity index (χ2v) is 5.44. The van der Waals surface area contributed by atoms with Crippen molar-refractivity contribution in [2.24, 2.45) is 11.8 Å². The minimum atomic E-state index is -0.567. The molecule has 1 aromatic heterocycles. The molecule has 1 N–H and O–H groups in total. The Kier molecular flexibility index (Phi) is 2.66. The van der Waals surface area contributed by atoms with Gasteiger partial charge in [-0.15, -0.1) is 0 Å². The topological polar surface area (TPSA) is 58.5 Å². The van der Waals surface area contributed by atoms with E-state index in [0.717, 1.165) is 25.2 Å². The lowest BCUT2D eigenvalue weighted by atomic mass is 9.88. The highest BCUT2D eigenvalue weighted by Gasteiger charge is 2.53. The number of hydrogen-bond acceptors (Lipinski definition) is 5. The fraction of sp³-hybridized carbons (Fsp3) is 0.692. The average Bonchev–Trinajstić information content (AvgIpc) is 3.18. The van der Waals surface area contributed by atoms with E-state index in [1.54, 1.807) is 19.5 Å². The van der Waals surface area contributed by atoms with Gasteiger partial charge in [0.15, 0.2) is 5.82 Å². The summed E-state index contributed by atoms with van der Waals surface area (Å²) >= 11 is 0. The van der Waals surface area contributed by atoms with Crippen molar-refractivity contribution in [3.8, 4) is 5.88 Å². The molecule has 2 fully saturated rings. The van der Waals surface area contributed by atoms with Crippen molar-refractivity contribution < 1.29 is 9.84 Å². The maximum absolute atomic E-state index is 10.8. The molecule has 0 spiro atoms. The monoisotopic (exact) mass is 249 g/mol. The van der Waals surface area contributed by atoms with E-state index in [2.05, 4.69) is 21.8 Å². The van der Waals surface area contributed by atoms with Crippen LogP contribution in [-0.2, 0) is 0 Å². The lowest BCUT2D eigenvalue weighted by Crippen LogP contribution is -2.39. The Morgan fingerprint density at radius 1 is 1.39 bits per heavy atom. The van der Waals surface area contributed by atoms with Gasteiger partial charge < -0.3 is 14.7 Å². The van der Waals surface area contributed by atoms with Crippen LogP contribution in [0.1, 0.15) is 19.8 Å². The molecule has 1 saturated carbocycles. The molecule has 2 unspecified atom stereocenters. The van der Waals surface area contributed by atoms with Crippen LogP contribution in [0.5, 0.6) is 5.88 Å². The first-order valence-corrected chi connectivity index (χ1v) is 6.47. The van der Waals surface area contributed by atoms with Gasteiger partial charge in [0.1, 0.15) is 0 Å². The number of anilines is 1. The van der Waals surface area contributed by atoms with E-state index in [4.69, 9.17) is 4.74 Å². The Morgan fingerprint density at radius 2 is 2.11 bits per heavy atom. The number of ether oxygens (including phenoxy) is 1. The molecule has 5 heteroatoms. The van der Waals surface area contributed by atoms with E-state index in [1.807, 2.05) is 0 Å². The number of β-amino-alcohol motifs (C(OH)–C–C–N with tert-alkyl or cyclic N) is 1. The molecule has 1 saturated heterocycles. The summed E-state index contributed by atoms with van der Waals surface area (Å²) in [4.78, 5) is 10.6. The quantitative estimate of drug-likeness (QED) is 0.868. The van der Waals surface area contributed by atoms with E-state index in [0.29, 0.717) is 18.3 Å². The Hall–Kier alpha value is -1.36. The largest absolute Gasteiger partial charge is 0.478 e. The molecular formula is C13H19N3O2. The Balaban J connectivity index is 1.86. The summed E-state index contributed by atoms with van der Waals surface area (Å²) < 4.78 is 5.24. The zero-order valence-corrected chi connectivity index (χ0v) is 10.8. The van der Waals surface area contributed by atoms with Gasteiger partial charge in [-0.1, -0.05) is 6.92 Å². The lowest BCUT2D eigenvalue weighted by molar-refractivity contribution is 0.00280. The summed E-state index contributed by atoms with van der Waals surface area (Å²) in [6.45, 7) is 3.55. The number of hydrogen-bond donors (Lipinski definition) is 1. The van der Waals surface area contributed by atoms with Crippen LogP contribution < -0.4 is 9.64 Å². The summed E-state index contributed by atoms with van der Waals surface area (Å²) in [5.41, 5.74) is -0.567. The van der Waals surface area contributed by atoms with Gasteiger partial charge in [-0.2, -0.15) is 0 Å². The average molecular weight is 249 g/mol. The highest BCUT2D eigenvalue weighted by atomic mass is 16.5. The first-order chi connectivity index (χ1) is 8.65. The molecule has 1 aliphatic carbocycles. The Morgan fingerprint density at radius 3 is 2.78 bits per heavy atom. The first kappa shape index (κ1) is 11.7. The van der Waals surface area contributed by atoms with Gasteiger partial charge in [-0.3, -0.25) is 0 Å². The van der Waals surface area contributed by atoms with Crippen LogP contribution in [0.3, 0.4) is 0 Å². The van der Waals surface area contributed by atoms with E-state index in [9.17, 15) is 5.11 Å². The molecule has 0 aromatic carbocycles. The third-order valence-corrected chi connectivity index (χ3v) is 4.22. The van der Waals surface area contributed by atoms with Crippen LogP contribution in [0.2, 0.25) is 0 Å². The Labute approximate surface area is 107 Å². The van der Waals surface area contributed by atoms with E-state index >= 15 is 0 Å². The molecular weight excluding hydrogens is 230 g/mol. The van der Waals surface area contributed by atoms with Gasteiger partial charge in [0, 0.05) is 31.4 Å². The molecule has 2 heterocycles. The molecule has 1 aliphatic heterocycles. The van der Waals surface area contributed by atoms with Gasteiger partial charge >= 0.3 is 0 Å². The maximum atomic E-state index is 10.8. The third-order valence-electron chi connectivity index (χ3n) is 4.22. The number of aromatic nitrogens is 2. The molecule has 18 heavy (non-hydrogen) atoms. The van der Waals surface area contributed by atoms with Crippen molar-refractivity contribution in [2.75, 3.05) is 25.1 Å². The Bertz CT molecular complexity index is 450. The van der Waals surface area contributed by atoms with E-state index in [-0.39, 0.29) is 5.92 Å². The summed E-state index contributed by atoms with van der Waals surface area (Å²) in [6.07, 6.45) is 5.57. The fourth-order valence-corrected chi connectivity index (χ4v) is 2.97. The van der Waals surface area contributed by atoms with Gasteiger partial charge in [0.25, 0.3) is 5.88 Å². The first-order valence-electron chi connectivity index (χ1n) is 6.47. The number of methoxy groups -OCH3 is 1. The van der Waals surface area contributed by atoms with Crippen molar-refractivity contribution in [2.45, 2.75) is 25.4 Å². The second-order valence-electron chi connectivity index (χ2n) is 5.44. The summed E-state index contributed by atoms with van der Waals surface area (Å²) in [5, 5.41) is 10.8. The highest BCUT2D eigenvalue weighted by Crippen LogP contribution is 2.48. The van der Waals surface area contributed by atoms with Crippen LogP contribution in [0, 0.1) is 11.8 Å². The summed E-state index contributed by atoms with van der Waals surface area (Å²) in [7, 11) is 1.60. The predicted octanol–water partition coefficient (Wildman–Crippen LogP) is 1.08. The van der Waals surface area contributed by atoms with E-state index in [1.165, 1.54) is 0 Å². The van der Waals surface area contributed by atoms with Gasteiger partial charge in [-0.25, -0.2) is 9.97 Å². The normalized spacial score (nSPS) is 31.7. The van der Waals surface area contributed by atoms with Crippen LogP contribution in [-0.4, -0.2) is 40.9 Å². The lowest BCUT2D eigenvalue weighted by Gasteiger charge is -2.26. The summed E-state index contributed by atoms with van der Waals surface area (Å²) in [6, 6.07) is 0. The second kappa shape index (κ2) is 4.09. The minimum absolute atomic E-state index is 0.261. The molecule has 2 aliphatic rings. The zero-order valence-electron chi connectivity index (χ0n) is 10.8. The van der Waals surface area contributed by atoms with E-state index < -0.39 is 5.60 Å². The molecule has 1 aromatic rings. The van der Waals surface area contributed by atoms with Crippen LogP contribution in [0.15, 0.2) is 12.4 Å². The maximum Gasteiger partial charge on any atom is 0.257 e. The number of rotatable bonds is 3. The van der Waals surface area contributed by atoms with Crippen LogP contribution in [0.25, 0.3) is 0 Å².